The molecule has 120 valence electrons. The fraction of sp³-hybridized carbons (Fsp3) is 0.125. The summed E-state index contributed by atoms with van der Waals surface area (Å²) in [5.74, 6) is 0. The highest BCUT2D eigenvalue weighted by Gasteiger charge is 2.15. The van der Waals surface area contributed by atoms with Gasteiger partial charge in [0.05, 0.1) is 11.8 Å². The number of thioether (sulfide) groups is 1. The van der Waals surface area contributed by atoms with Gasteiger partial charge in [-0.2, -0.15) is 5.10 Å². The Bertz CT molecular complexity index is 735. The molecule has 7 heteroatoms. The summed E-state index contributed by atoms with van der Waals surface area (Å²) in [6, 6.07) is 16.3. The van der Waals surface area contributed by atoms with Crippen molar-refractivity contribution in [3.05, 3.63) is 76.2 Å². The lowest BCUT2D eigenvalue weighted by atomic mass is 10.1. The van der Waals surface area contributed by atoms with Gasteiger partial charge in [-0.1, -0.05) is 39.7 Å². The molecule has 3 nitrogen and oxygen atoms in total. The smallest absolute Gasteiger partial charge is 0.137 e. The molecule has 0 aliphatic rings. The Morgan fingerprint density at radius 1 is 1.17 bits per heavy atom. The molecule has 3 rings (SSSR count). The zero-order valence-corrected chi connectivity index (χ0v) is 15.9. The van der Waals surface area contributed by atoms with Crippen molar-refractivity contribution < 1.29 is 0 Å². The van der Waals surface area contributed by atoms with Crippen molar-refractivity contribution in [2.24, 2.45) is 0 Å². The van der Waals surface area contributed by atoms with E-state index in [2.05, 4.69) is 44.2 Å². The van der Waals surface area contributed by atoms with E-state index in [0.717, 1.165) is 16.0 Å². The number of halogens is 3. The Hall–Kier alpha value is -1.01. The highest BCUT2D eigenvalue weighted by molar-refractivity contribution is 9.10. The topological polar surface area (TPSA) is 30.7 Å². The largest absolute Gasteiger partial charge is 0.252 e. The van der Waals surface area contributed by atoms with Crippen molar-refractivity contribution in [3.8, 4) is 0 Å². The van der Waals surface area contributed by atoms with Crippen LogP contribution in [0.1, 0.15) is 10.8 Å². The molecule has 1 unspecified atom stereocenters. The van der Waals surface area contributed by atoms with Gasteiger partial charge in [0.25, 0.3) is 0 Å². The van der Waals surface area contributed by atoms with Crippen LogP contribution in [-0.2, 0) is 6.54 Å². The van der Waals surface area contributed by atoms with Gasteiger partial charge in [0.1, 0.15) is 12.7 Å². The maximum absolute atomic E-state index is 5.96. The highest BCUT2D eigenvalue weighted by atomic mass is 79.9. The van der Waals surface area contributed by atoms with Crippen LogP contribution in [0.15, 0.2) is 70.6 Å². The monoisotopic (exact) mass is 429 g/mol. The van der Waals surface area contributed by atoms with Crippen LogP contribution in [0, 0.1) is 0 Å². The van der Waals surface area contributed by atoms with E-state index in [9.17, 15) is 0 Å². The molecule has 1 atom stereocenters. The van der Waals surface area contributed by atoms with E-state index in [4.69, 9.17) is 11.6 Å². The van der Waals surface area contributed by atoms with Gasteiger partial charge in [-0.3, -0.25) is 4.68 Å². The molecule has 3 aromatic rings. The van der Waals surface area contributed by atoms with E-state index in [1.807, 2.05) is 35.0 Å². The van der Waals surface area contributed by atoms with E-state index in [-0.39, 0.29) is 17.7 Å². The van der Waals surface area contributed by atoms with Crippen LogP contribution in [0.25, 0.3) is 0 Å². The summed E-state index contributed by atoms with van der Waals surface area (Å²) in [7, 11) is 0. The Balaban J connectivity index is 0.00000192. The molecule has 0 spiro atoms. The Kier molecular flexibility index (Phi) is 6.96. The average Bonchev–Trinajstić information content (AvgIpc) is 3.02. The fourth-order valence-corrected chi connectivity index (χ4v) is 3.77. The second-order valence-electron chi connectivity index (χ2n) is 4.73. The van der Waals surface area contributed by atoms with Crippen LogP contribution < -0.4 is 0 Å². The average molecular weight is 431 g/mol. The second-order valence-corrected chi connectivity index (χ2v) is 7.36. The highest BCUT2D eigenvalue weighted by Crippen LogP contribution is 2.37. The molecular weight excluding hydrogens is 417 g/mol. The van der Waals surface area contributed by atoms with Crippen LogP contribution in [0.3, 0.4) is 0 Å². The lowest BCUT2D eigenvalue weighted by Crippen LogP contribution is -2.07. The molecule has 23 heavy (non-hydrogen) atoms. The van der Waals surface area contributed by atoms with Crippen LogP contribution in [0.4, 0.5) is 0 Å². The molecule has 0 aliphatic carbocycles. The number of hydrogen-bond donors (Lipinski definition) is 0. The van der Waals surface area contributed by atoms with E-state index < -0.39 is 0 Å². The van der Waals surface area contributed by atoms with Gasteiger partial charge in [0, 0.05) is 14.4 Å². The number of benzene rings is 2. The van der Waals surface area contributed by atoms with Gasteiger partial charge in [-0.15, -0.1) is 24.2 Å². The van der Waals surface area contributed by atoms with Gasteiger partial charge in [0.2, 0.25) is 0 Å². The molecule has 0 saturated carbocycles. The number of nitrogens with zero attached hydrogens (tertiary/aromatic N) is 3. The van der Waals surface area contributed by atoms with Crippen LogP contribution in [-0.4, -0.2) is 14.8 Å². The van der Waals surface area contributed by atoms with Crippen LogP contribution in [0.2, 0.25) is 5.02 Å². The molecule has 0 amide bonds. The standard InChI is InChI=1S/C16H13BrClN3S.ClH/c17-13-3-1-2-12(8-13)16(9-21-11-19-10-20-21)22-15-6-4-14(18)5-7-15;/h1-8,10-11,16H,9H2;1H. The van der Waals surface area contributed by atoms with Crippen LogP contribution in [0.5, 0.6) is 0 Å². The third-order valence-electron chi connectivity index (χ3n) is 3.13. The van der Waals surface area contributed by atoms with E-state index in [1.54, 1.807) is 24.4 Å². The minimum Gasteiger partial charge on any atom is -0.252 e. The zero-order valence-electron chi connectivity index (χ0n) is 12.0. The summed E-state index contributed by atoms with van der Waals surface area (Å²) in [5, 5.41) is 5.21. The molecule has 0 fully saturated rings. The molecule has 1 heterocycles. The van der Waals surface area contributed by atoms with Gasteiger partial charge in [-0.25, -0.2) is 4.98 Å². The summed E-state index contributed by atoms with van der Waals surface area (Å²) in [5.41, 5.74) is 1.24. The van der Waals surface area contributed by atoms with Crippen molar-refractivity contribution in [2.45, 2.75) is 16.7 Å². The van der Waals surface area contributed by atoms with Crippen molar-refractivity contribution in [3.63, 3.8) is 0 Å². The normalized spacial score (nSPS) is 11.7. The zero-order chi connectivity index (χ0) is 15.4. The summed E-state index contributed by atoms with van der Waals surface area (Å²) < 4.78 is 2.93. The lowest BCUT2D eigenvalue weighted by Gasteiger charge is -2.17. The molecule has 0 N–H and O–H groups in total. The predicted molar refractivity (Wildman–Crippen MR) is 101 cm³/mol. The maximum Gasteiger partial charge on any atom is 0.137 e. The molecule has 0 radical (unpaired) electrons. The summed E-state index contributed by atoms with van der Waals surface area (Å²) in [6.07, 6.45) is 3.30. The van der Waals surface area contributed by atoms with Crippen molar-refractivity contribution >= 4 is 51.7 Å². The van der Waals surface area contributed by atoms with Crippen molar-refractivity contribution in [2.75, 3.05) is 0 Å². The van der Waals surface area contributed by atoms with Gasteiger partial charge >= 0.3 is 0 Å². The maximum atomic E-state index is 5.96. The Labute approximate surface area is 159 Å². The first kappa shape index (κ1) is 18.3. The van der Waals surface area contributed by atoms with E-state index in [1.165, 1.54) is 10.5 Å². The molecule has 0 aliphatic heterocycles. The lowest BCUT2D eigenvalue weighted by molar-refractivity contribution is 0.604. The molecule has 2 aromatic carbocycles. The van der Waals surface area contributed by atoms with E-state index >= 15 is 0 Å². The quantitative estimate of drug-likeness (QED) is 0.490. The van der Waals surface area contributed by atoms with E-state index in [0.29, 0.717) is 0 Å². The summed E-state index contributed by atoms with van der Waals surface area (Å²) >= 11 is 11.3. The molecular formula is C16H14BrCl2N3S. The first-order valence-electron chi connectivity index (χ1n) is 6.71. The third-order valence-corrected chi connectivity index (χ3v) is 5.13. The predicted octanol–water partition coefficient (Wildman–Crippen LogP) is 5.65. The minimum atomic E-state index is 0. The number of aromatic nitrogens is 3. The Morgan fingerprint density at radius 3 is 2.61 bits per heavy atom. The summed E-state index contributed by atoms with van der Waals surface area (Å²) in [6.45, 7) is 0.754. The molecule has 0 bridgehead atoms. The molecule has 1 aromatic heterocycles. The van der Waals surface area contributed by atoms with Crippen molar-refractivity contribution in [1.82, 2.24) is 14.8 Å². The van der Waals surface area contributed by atoms with Crippen LogP contribution >= 0.6 is 51.7 Å². The number of hydrogen-bond acceptors (Lipinski definition) is 3. The minimum absolute atomic E-state index is 0. The first-order chi connectivity index (χ1) is 10.7. The fourth-order valence-electron chi connectivity index (χ4n) is 2.09. The van der Waals surface area contributed by atoms with Gasteiger partial charge < -0.3 is 0 Å². The SMILES string of the molecule is Cl.Clc1ccc(SC(Cn2cncn2)c2cccc(Br)c2)cc1. The van der Waals surface area contributed by atoms with Gasteiger partial charge in [0.15, 0.2) is 0 Å². The molecule has 0 saturated heterocycles. The van der Waals surface area contributed by atoms with Gasteiger partial charge in [-0.05, 0) is 42.0 Å². The Morgan fingerprint density at radius 2 is 1.96 bits per heavy atom. The summed E-state index contributed by atoms with van der Waals surface area (Å²) in [4.78, 5) is 5.20. The number of rotatable bonds is 5. The van der Waals surface area contributed by atoms with Crippen molar-refractivity contribution in [1.29, 1.82) is 0 Å². The third kappa shape index (κ3) is 5.24. The second kappa shape index (κ2) is 8.73. The first-order valence-corrected chi connectivity index (χ1v) is 8.76.